The normalized spacial score (nSPS) is 19.6. The molecule has 2 aromatic rings. The molecule has 1 aliphatic rings. The van der Waals surface area contributed by atoms with Gasteiger partial charge in [0, 0.05) is 24.5 Å². The van der Waals surface area contributed by atoms with E-state index >= 15 is 0 Å². The molecule has 0 spiro atoms. The number of nitrogens with zero attached hydrogens (tertiary/aromatic N) is 1. The summed E-state index contributed by atoms with van der Waals surface area (Å²) in [5.41, 5.74) is 2.32. The maximum atomic E-state index is 5.58. The summed E-state index contributed by atoms with van der Waals surface area (Å²) in [4.78, 5) is 2.42. The lowest BCUT2D eigenvalue weighted by Gasteiger charge is -2.20. The van der Waals surface area contributed by atoms with E-state index in [0.717, 1.165) is 25.1 Å². The van der Waals surface area contributed by atoms with Crippen LogP contribution in [0.2, 0.25) is 0 Å². The molecule has 1 N–H and O–H groups in total. The van der Waals surface area contributed by atoms with Gasteiger partial charge in [-0.3, -0.25) is 0 Å². The molecule has 0 aliphatic carbocycles. The molecular formula is C16H22N2O. The predicted octanol–water partition coefficient (Wildman–Crippen LogP) is 2.66. The highest BCUT2D eigenvalue weighted by atomic mass is 16.3. The number of hydrogen-bond donors (Lipinski definition) is 1. The predicted molar refractivity (Wildman–Crippen MR) is 78.4 cm³/mol. The summed E-state index contributed by atoms with van der Waals surface area (Å²) in [6.45, 7) is 3.42. The van der Waals surface area contributed by atoms with Crippen LogP contribution in [-0.2, 0) is 6.42 Å². The van der Waals surface area contributed by atoms with E-state index in [0.29, 0.717) is 6.04 Å². The van der Waals surface area contributed by atoms with E-state index < -0.39 is 0 Å². The molecule has 3 nitrogen and oxygen atoms in total. The number of para-hydroxylation sites is 1. The Morgan fingerprint density at radius 1 is 1.37 bits per heavy atom. The van der Waals surface area contributed by atoms with Crippen molar-refractivity contribution < 1.29 is 4.42 Å². The summed E-state index contributed by atoms with van der Waals surface area (Å²) in [6, 6.07) is 8.96. The van der Waals surface area contributed by atoms with Crippen molar-refractivity contribution in [1.29, 1.82) is 0 Å². The van der Waals surface area contributed by atoms with Crippen LogP contribution in [0, 0.1) is 0 Å². The van der Waals surface area contributed by atoms with Crippen molar-refractivity contribution in [2.45, 2.75) is 25.3 Å². The molecule has 1 fully saturated rings. The fourth-order valence-corrected chi connectivity index (χ4v) is 2.92. The van der Waals surface area contributed by atoms with Crippen molar-refractivity contribution >= 4 is 11.0 Å². The van der Waals surface area contributed by atoms with E-state index in [4.69, 9.17) is 4.42 Å². The zero-order chi connectivity index (χ0) is 13.1. The first kappa shape index (κ1) is 12.7. The third-order valence-corrected chi connectivity index (χ3v) is 4.02. The molecule has 1 saturated heterocycles. The quantitative estimate of drug-likeness (QED) is 0.893. The molecule has 1 aliphatic heterocycles. The van der Waals surface area contributed by atoms with Gasteiger partial charge < -0.3 is 14.6 Å². The lowest BCUT2D eigenvalue weighted by Crippen LogP contribution is -2.36. The van der Waals surface area contributed by atoms with Gasteiger partial charge >= 0.3 is 0 Å². The van der Waals surface area contributed by atoms with Gasteiger partial charge in [0.15, 0.2) is 0 Å². The van der Waals surface area contributed by atoms with Gasteiger partial charge in [0.25, 0.3) is 0 Å². The van der Waals surface area contributed by atoms with Crippen LogP contribution in [0.5, 0.6) is 0 Å². The molecular weight excluding hydrogens is 236 g/mol. The average Bonchev–Trinajstić information content (AvgIpc) is 3.05. The molecule has 0 radical (unpaired) electrons. The van der Waals surface area contributed by atoms with Crippen molar-refractivity contribution in [2.24, 2.45) is 0 Å². The summed E-state index contributed by atoms with van der Waals surface area (Å²) < 4.78 is 5.58. The maximum absolute atomic E-state index is 5.58. The molecule has 3 heteroatoms. The zero-order valence-corrected chi connectivity index (χ0v) is 11.6. The fraction of sp³-hybridized carbons (Fsp3) is 0.500. The third-order valence-electron chi connectivity index (χ3n) is 4.02. The SMILES string of the molecule is CN(CCc1coc2ccccc12)CC1CCCN1. The third kappa shape index (κ3) is 2.99. The minimum Gasteiger partial charge on any atom is -0.464 e. The van der Waals surface area contributed by atoms with Gasteiger partial charge in [0.05, 0.1) is 6.26 Å². The summed E-state index contributed by atoms with van der Waals surface area (Å²) >= 11 is 0. The van der Waals surface area contributed by atoms with Crippen LogP contribution in [0.3, 0.4) is 0 Å². The second-order valence-electron chi connectivity index (χ2n) is 5.56. The standard InChI is InChI=1S/C16H22N2O/c1-18(11-14-5-4-9-17-14)10-8-13-12-19-16-7-3-2-6-15(13)16/h2-3,6-7,12,14,17H,4-5,8-11H2,1H3. The molecule has 0 amide bonds. The average molecular weight is 258 g/mol. The fourth-order valence-electron chi connectivity index (χ4n) is 2.92. The van der Waals surface area contributed by atoms with Gasteiger partial charge in [-0.25, -0.2) is 0 Å². The van der Waals surface area contributed by atoms with Crippen LogP contribution in [0.1, 0.15) is 18.4 Å². The van der Waals surface area contributed by atoms with Gasteiger partial charge in [-0.15, -0.1) is 0 Å². The van der Waals surface area contributed by atoms with Crippen LogP contribution in [0.25, 0.3) is 11.0 Å². The Morgan fingerprint density at radius 3 is 3.11 bits per heavy atom. The summed E-state index contributed by atoms with van der Waals surface area (Å²) in [5.74, 6) is 0. The summed E-state index contributed by atoms with van der Waals surface area (Å²) in [7, 11) is 2.21. The van der Waals surface area contributed by atoms with Crippen LogP contribution in [0.4, 0.5) is 0 Å². The number of hydrogen-bond acceptors (Lipinski definition) is 3. The van der Waals surface area contributed by atoms with Gasteiger partial charge in [-0.05, 0) is 44.5 Å². The second-order valence-corrected chi connectivity index (χ2v) is 5.56. The van der Waals surface area contributed by atoms with E-state index in [2.05, 4.69) is 29.4 Å². The molecule has 0 bridgehead atoms. The van der Waals surface area contributed by atoms with E-state index in [9.17, 15) is 0 Å². The molecule has 0 saturated carbocycles. The largest absolute Gasteiger partial charge is 0.464 e. The van der Waals surface area contributed by atoms with E-state index in [1.807, 2.05) is 18.4 Å². The van der Waals surface area contributed by atoms with Crippen LogP contribution < -0.4 is 5.32 Å². The van der Waals surface area contributed by atoms with Gasteiger partial charge in [0.1, 0.15) is 5.58 Å². The highest BCUT2D eigenvalue weighted by molar-refractivity contribution is 5.80. The van der Waals surface area contributed by atoms with E-state index in [-0.39, 0.29) is 0 Å². The zero-order valence-electron chi connectivity index (χ0n) is 11.6. The van der Waals surface area contributed by atoms with Crippen LogP contribution in [0.15, 0.2) is 34.9 Å². The summed E-state index contributed by atoms with van der Waals surface area (Å²) in [6.07, 6.45) is 5.61. The van der Waals surface area contributed by atoms with Crippen LogP contribution in [-0.4, -0.2) is 37.6 Å². The number of benzene rings is 1. The highest BCUT2D eigenvalue weighted by Gasteiger charge is 2.16. The lowest BCUT2D eigenvalue weighted by atomic mass is 10.1. The molecule has 102 valence electrons. The van der Waals surface area contributed by atoms with Crippen molar-refractivity contribution in [1.82, 2.24) is 10.2 Å². The Labute approximate surface area is 114 Å². The smallest absolute Gasteiger partial charge is 0.134 e. The van der Waals surface area contributed by atoms with Crippen molar-refractivity contribution in [2.75, 3.05) is 26.7 Å². The highest BCUT2D eigenvalue weighted by Crippen LogP contribution is 2.21. The first-order chi connectivity index (χ1) is 9.33. The van der Waals surface area contributed by atoms with Gasteiger partial charge in [0.2, 0.25) is 0 Å². The molecule has 1 unspecified atom stereocenters. The monoisotopic (exact) mass is 258 g/mol. The number of fused-ring (bicyclic) bond motifs is 1. The van der Waals surface area contributed by atoms with E-state index in [1.54, 1.807) is 0 Å². The molecule has 3 rings (SSSR count). The number of likely N-dealkylation sites (N-methyl/N-ethyl adjacent to an activating group) is 1. The molecule has 1 aromatic heterocycles. The van der Waals surface area contributed by atoms with Crippen molar-refractivity contribution in [3.05, 3.63) is 36.1 Å². The first-order valence-corrected chi connectivity index (χ1v) is 7.20. The van der Waals surface area contributed by atoms with Gasteiger partial charge in [-0.1, -0.05) is 18.2 Å². The Bertz CT molecular complexity index is 528. The Morgan fingerprint density at radius 2 is 2.26 bits per heavy atom. The topological polar surface area (TPSA) is 28.4 Å². The molecule has 2 heterocycles. The Hall–Kier alpha value is -1.32. The lowest BCUT2D eigenvalue weighted by molar-refractivity contribution is 0.303. The van der Waals surface area contributed by atoms with E-state index in [1.165, 1.54) is 30.3 Å². The Kier molecular flexibility index (Phi) is 3.85. The second kappa shape index (κ2) is 5.76. The number of furan rings is 1. The van der Waals surface area contributed by atoms with Crippen molar-refractivity contribution in [3.63, 3.8) is 0 Å². The number of rotatable bonds is 5. The van der Waals surface area contributed by atoms with Crippen LogP contribution >= 0.6 is 0 Å². The van der Waals surface area contributed by atoms with Gasteiger partial charge in [-0.2, -0.15) is 0 Å². The number of nitrogens with one attached hydrogen (secondary N) is 1. The molecule has 19 heavy (non-hydrogen) atoms. The maximum Gasteiger partial charge on any atom is 0.134 e. The first-order valence-electron chi connectivity index (χ1n) is 7.20. The molecule has 1 atom stereocenters. The molecule has 1 aromatic carbocycles. The summed E-state index contributed by atoms with van der Waals surface area (Å²) in [5, 5.41) is 4.81. The van der Waals surface area contributed by atoms with Crippen molar-refractivity contribution in [3.8, 4) is 0 Å². The minimum absolute atomic E-state index is 0.686. The Balaban J connectivity index is 1.56. The minimum atomic E-state index is 0.686.